The fraction of sp³-hybridized carbons (Fsp3) is 0.444. The van der Waals surface area contributed by atoms with Crippen molar-refractivity contribution in [2.24, 2.45) is 0 Å². The SMILES string of the molecule is CCC1C(=O)NCCN1C(=O)c1cn(CCCc2ccccc2)nn1. The first-order valence-corrected chi connectivity index (χ1v) is 8.71. The Bertz CT molecular complexity index is 728. The number of aromatic nitrogens is 3. The second-order valence-electron chi connectivity index (χ2n) is 6.17. The first-order valence-electron chi connectivity index (χ1n) is 8.71. The van der Waals surface area contributed by atoms with Crippen LogP contribution in [0.4, 0.5) is 0 Å². The van der Waals surface area contributed by atoms with Crippen molar-refractivity contribution in [3.63, 3.8) is 0 Å². The highest BCUT2D eigenvalue weighted by Gasteiger charge is 2.33. The molecule has 3 rings (SSSR count). The van der Waals surface area contributed by atoms with Crippen LogP contribution >= 0.6 is 0 Å². The van der Waals surface area contributed by atoms with Crippen LogP contribution in [0.2, 0.25) is 0 Å². The van der Waals surface area contributed by atoms with Gasteiger partial charge in [0.05, 0.1) is 6.20 Å². The Kier molecular flexibility index (Phi) is 5.42. The van der Waals surface area contributed by atoms with Gasteiger partial charge in [-0.2, -0.15) is 0 Å². The number of nitrogens with one attached hydrogen (secondary N) is 1. The van der Waals surface area contributed by atoms with Gasteiger partial charge in [0.2, 0.25) is 5.91 Å². The van der Waals surface area contributed by atoms with Gasteiger partial charge in [0.1, 0.15) is 6.04 Å². The Morgan fingerprint density at radius 1 is 1.32 bits per heavy atom. The zero-order valence-corrected chi connectivity index (χ0v) is 14.4. The van der Waals surface area contributed by atoms with Crippen LogP contribution in [-0.2, 0) is 17.8 Å². The van der Waals surface area contributed by atoms with Gasteiger partial charge in [-0.05, 0) is 24.8 Å². The van der Waals surface area contributed by atoms with E-state index in [1.165, 1.54) is 5.56 Å². The van der Waals surface area contributed by atoms with Crippen LogP contribution < -0.4 is 5.32 Å². The summed E-state index contributed by atoms with van der Waals surface area (Å²) < 4.78 is 1.70. The summed E-state index contributed by atoms with van der Waals surface area (Å²) in [5.74, 6) is -0.326. The molecule has 2 aromatic rings. The second kappa shape index (κ2) is 7.92. The topological polar surface area (TPSA) is 80.1 Å². The molecule has 1 aromatic heterocycles. The maximum atomic E-state index is 12.7. The van der Waals surface area contributed by atoms with Crippen LogP contribution in [0.25, 0.3) is 0 Å². The Morgan fingerprint density at radius 3 is 2.88 bits per heavy atom. The highest BCUT2D eigenvalue weighted by molar-refractivity contribution is 5.96. The molecular formula is C18H23N5O2. The van der Waals surface area contributed by atoms with E-state index < -0.39 is 6.04 Å². The first-order chi connectivity index (χ1) is 12.2. The van der Waals surface area contributed by atoms with E-state index in [1.807, 2.05) is 25.1 Å². The molecule has 1 aliphatic heterocycles. The fourth-order valence-electron chi connectivity index (χ4n) is 3.11. The number of carbonyl (C=O) groups is 2. The molecule has 1 aromatic carbocycles. The van der Waals surface area contributed by atoms with Gasteiger partial charge < -0.3 is 10.2 Å². The molecule has 7 heteroatoms. The Hall–Kier alpha value is -2.70. The van der Waals surface area contributed by atoms with E-state index in [1.54, 1.807) is 15.8 Å². The molecule has 1 fully saturated rings. The van der Waals surface area contributed by atoms with Crippen LogP contribution in [0.1, 0.15) is 35.8 Å². The number of amides is 2. The summed E-state index contributed by atoms with van der Waals surface area (Å²) in [6, 6.07) is 9.83. The number of hydrogen-bond acceptors (Lipinski definition) is 4. The minimum absolute atomic E-state index is 0.0997. The Labute approximate surface area is 147 Å². The van der Waals surface area contributed by atoms with Crippen LogP contribution in [0, 0.1) is 0 Å². The fourth-order valence-corrected chi connectivity index (χ4v) is 3.11. The summed E-state index contributed by atoms with van der Waals surface area (Å²) in [7, 11) is 0. The number of aryl methyl sites for hydroxylation is 2. The third-order valence-electron chi connectivity index (χ3n) is 4.43. The predicted molar refractivity (Wildman–Crippen MR) is 92.9 cm³/mol. The van der Waals surface area contributed by atoms with Crippen molar-refractivity contribution in [3.8, 4) is 0 Å². The number of rotatable bonds is 6. The van der Waals surface area contributed by atoms with Crippen molar-refractivity contribution in [3.05, 3.63) is 47.8 Å². The maximum Gasteiger partial charge on any atom is 0.276 e. The second-order valence-corrected chi connectivity index (χ2v) is 6.17. The van der Waals surface area contributed by atoms with Crippen LogP contribution in [0.3, 0.4) is 0 Å². The van der Waals surface area contributed by atoms with Gasteiger partial charge in [-0.1, -0.05) is 42.5 Å². The molecule has 1 saturated heterocycles. The quantitative estimate of drug-likeness (QED) is 0.858. The molecule has 132 valence electrons. The van der Waals surface area contributed by atoms with Crippen molar-refractivity contribution in [1.82, 2.24) is 25.2 Å². The summed E-state index contributed by atoms with van der Waals surface area (Å²) in [5, 5.41) is 10.8. The number of nitrogens with zero attached hydrogens (tertiary/aromatic N) is 4. The van der Waals surface area contributed by atoms with Gasteiger partial charge in [0.25, 0.3) is 5.91 Å². The lowest BCUT2D eigenvalue weighted by atomic mass is 10.1. The van der Waals surface area contributed by atoms with Crippen molar-refractivity contribution in [2.45, 2.75) is 38.8 Å². The average Bonchev–Trinajstić information content (AvgIpc) is 3.10. The van der Waals surface area contributed by atoms with Gasteiger partial charge >= 0.3 is 0 Å². The summed E-state index contributed by atoms with van der Waals surface area (Å²) in [6.45, 7) is 3.58. The first kappa shape index (κ1) is 17.1. The van der Waals surface area contributed by atoms with Gasteiger partial charge in [-0.15, -0.1) is 5.10 Å². The lowest BCUT2D eigenvalue weighted by Gasteiger charge is -2.33. The Morgan fingerprint density at radius 2 is 2.12 bits per heavy atom. The number of hydrogen-bond donors (Lipinski definition) is 1. The highest BCUT2D eigenvalue weighted by Crippen LogP contribution is 2.12. The molecule has 0 spiro atoms. The van der Waals surface area contributed by atoms with E-state index in [4.69, 9.17) is 0 Å². The normalized spacial score (nSPS) is 17.4. The average molecular weight is 341 g/mol. The third-order valence-corrected chi connectivity index (χ3v) is 4.43. The molecular weight excluding hydrogens is 318 g/mol. The molecule has 7 nitrogen and oxygen atoms in total. The zero-order valence-electron chi connectivity index (χ0n) is 14.4. The third kappa shape index (κ3) is 4.04. The monoisotopic (exact) mass is 341 g/mol. The minimum atomic E-state index is -0.426. The van der Waals surface area contributed by atoms with E-state index in [0.717, 1.165) is 12.8 Å². The number of benzene rings is 1. The van der Waals surface area contributed by atoms with Gasteiger partial charge in [-0.25, -0.2) is 0 Å². The summed E-state index contributed by atoms with van der Waals surface area (Å²) in [4.78, 5) is 26.2. The van der Waals surface area contributed by atoms with Gasteiger partial charge in [0, 0.05) is 19.6 Å². The minimum Gasteiger partial charge on any atom is -0.353 e. The summed E-state index contributed by atoms with van der Waals surface area (Å²) in [5.41, 5.74) is 1.58. The van der Waals surface area contributed by atoms with E-state index >= 15 is 0 Å². The van der Waals surface area contributed by atoms with E-state index in [-0.39, 0.29) is 11.8 Å². The van der Waals surface area contributed by atoms with E-state index in [0.29, 0.717) is 31.7 Å². The van der Waals surface area contributed by atoms with Crippen LogP contribution in [0.15, 0.2) is 36.5 Å². The molecule has 0 radical (unpaired) electrons. The smallest absolute Gasteiger partial charge is 0.276 e. The zero-order chi connectivity index (χ0) is 17.6. The molecule has 1 aliphatic rings. The highest BCUT2D eigenvalue weighted by atomic mass is 16.2. The Balaban J connectivity index is 1.58. The van der Waals surface area contributed by atoms with Crippen molar-refractivity contribution in [2.75, 3.05) is 13.1 Å². The van der Waals surface area contributed by atoms with Gasteiger partial charge in [0.15, 0.2) is 5.69 Å². The molecule has 0 saturated carbocycles. The molecule has 2 heterocycles. The molecule has 25 heavy (non-hydrogen) atoms. The predicted octanol–water partition coefficient (Wildman–Crippen LogP) is 1.26. The number of piperazine rings is 1. The van der Waals surface area contributed by atoms with Crippen LogP contribution in [0.5, 0.6) is 0 Å². The van der Waals surface area contributed by atoms with Crippen molar-refractivity contribution in [1.29, 1.82) is 0 Å². The molecule has 0 aliphatic carbocycles. The van der Waals surface area contributed by atoms with E-state index in [2.05, 4.69) is 27.8 Å². The standard InChI is InChI=1S/C18H23N5O2/c1-2-16-17(24)19-10-12-23(16)18(25)15-13-22(21-20-15)11-6-9-14-7-4-3-5-8-14/h3-5,7-8,13,16H,2,6,9-12H2,1H3,(H,19,24). The van der Waals surface area contributed by atoms with Gasteiger partial charge in [-0.3, -0.25) is 14.3 Å². The molecule has 1 N–H and O–H groups in total. The van der Waals surface area contributed by atoms with Crippen LogP contribution in [-0.4, -0.2) is 50.8 Å². The largest absolute Gasteiger partial charge is 0.353 e. The molecule has 2 amide bonds. The molecule has 1 atom stereocenters. The summed E-state index contributed by atoms with van der Waals surface area (Å²) in [6.07, 6.45) is 4.13. The van der Waals surface area contributed by atoms with Crippen molar-refractivity contribution >= 4 is 11.8 Å². The lowest BCUT2D eigenvalue weighted by molar-refractivity contribution is -0.127. The maximum absolute atomic E-state index is 12.7. The lowest BCUT2D eigenvalue weighted by Crippen LogP contribution is -2.57. The van der Waals surface area contributed by atoms with E-state index in [9.17, 15) is 9.59 Å². The molecule has 1 unspecified atom stereocenters. The van der Waals surface area contributed by atoms with Crippen molar-refractivity contribution < 1.29 is 9.59 Å². The molecule has 0 bridgehead atoms. The summed E-state index contributed by atoms with van der Waals surface area (Å²) >= 11 is 0. The number of carbonyl (C=O) groups excluding carboxylic acids is 2.